The van der Waals surface area contributed by atoms with Crippen molar-refractivity contribution < 1.29 is 4.74 Å². The molecule has 36 valence electrons. The summed E-state index contributed by atoms with van der Waals surface area (Å²) in [5.74, 6) is 0.676. The van der Waals surface area contributed by atoms with E-state index in [1.54, 1.807) is 7.11 Å². The molecule has 1 atom stereocenters. The highest BCUT2D eigenvalue weighted by Crippen LogP contribution is 1.91. The zero-order chi connectivity index (χ0) is 4.99. The van der Waals surface area contributed by atoms with Crippen LogP contribution < -0.4 is 0 Å². The van der Waals surface area contributed by atoms with Gasteiger partial charge in [-0.3, -0.25) is 0 Å². The first-order valence-corrected chi connectivity index (χ1v) is 2.26. The molecule has 0 spiro atoms. The SMILES string of the molecule is BC(C)COC. The van der Waals surface area contributed by atoms with E-state index in [-0.39, 0.29) is 0 Å². The summed E-state index contributed by atoms with van der Waals surface area (Å²) in [5, 5.41) is 0. The van der Waals surface area contributed by atoms with E-state index in [0.717, 1.165) is 6.61 Å². The number of ether oxygens (including phenoxy) is 1. The van der Waals surface area contributed by atoms with E-state index in [1.165, 1.54) is 0 Å². The minimum atomic E-state index is 0.676. The molecule has 2 heteroatoms. The summed E-state index contributed by atoms with van der Waals surface area (Å²) < 4.78 is 4.80. The molecule has 0 N–H and O–H groups in total. The van der Waals surface area contributed by atoms with Crippen molar-refractivity contribution in [3.05, 3.63) is 0 Å². The lowest BCUT2D eigenvalue weighted by Gasteiger charge is -1.97. The van der Waals surface area contributed by atoms with Crippen LogP contribution in [0.3, 0.4) is 0 Å². The molecular formula is C4H11BO. The Kier molecular flexibility index (Phi) is 3.24. The van der Waals surface area contributed by atoms with Crippen LogP contribution in [0.25, 0.3) is 0 Å². The van der Waals surface area contributed by atoms with Gasteiger partial charge in [-0.1, -0.05) is 6.92 Å². The summed E-state index contributed by atoms with van der Waals surface area (Å²) in [6, 6.07) is 0. The second-order valence-electron chi connectivity index (χ2n) is 1.85. The first-order chi connectivity index (χ1) is 2.77. The van der Waals surface area contributed by atoms with Crippen molar-refractivity contribution in [2.45, 2.75) is 12.7 Å². The Labute approximate surface area is 40.1 Å². The third-order valence-corrected chi connectivity index (χ3v) is 0.500. The van der Waals surface area contributed by atoms with Crippen LogP contribution in [-0.2, 0) is 4.74 Å². The van der Waals surface area contributed by atoms with Gasteiger partial charge in [-0.15, -0.1) is 0 Å². The minimum Gasteiger partial charge on any atom is -0.385 e. The molecule has 0 heterocycles. The van der Waals surface area contributed by atoms with Gasteiger partial charge in [0.05, 0.1) is 0 Å². The molecule has 0 rings (SSSR count). The van der Waals surface area contributed by atoms with Crippen molar-refractivity contribution >= 4 is 7.85 Å². The van der Waals surface area contributed by atoms with Crippen LogP contribution >= 0.6 is 0 Å². The second-order valence-corrected chi connectivity index (χ2v) is 1.85. The molecule has 1 unspecified atom stereocenters. The van der Waals surface area contributed by atoms with E-state index in [9.17, 15) is 0 Å². The Hall–Kier alpha value is 0.0249. The molecule has 0 bridgehead atoms. The fourth-order valence-corrected chi connectivity index (χ4v) is 0.333. The number of hydrogen-bond donors (Lipinski definition) is 0. The maximum atomic E-state index is 4.80. The highest BCUT2D eigenvalue weighted by molar-refractivity contribution is 6.11. The van der Waals surface area contributed by atoms with E-state index in [0.29, 0.717) is 5.82 Å². The van der Waals surface area contributed by atoms with Crippen LogP contribution in [0.2, 0.25) is 5.82 Å². The van der Waals surface area contributed by atoms with Crippen LogP contribution in [0.4, 0.5) is 0 Å². The largest absolute Gasteiger partial charge is 0.385 e. The van der Waals surface area contributed by atoms with Crippen molar-refractivity contribution in [1.29, 1.82) is 0 Å². The Morgan fingerprint density at radius 2 is 2.33 bits per heavy atom. The van der Waals surface area contributed by atoms with E-state index in [2.05, 4.69) is 14.8 Å². The summed E-state index contributed by atoms with van der Waals surface area (Å²) in [6.07, 6.45) is 0. The van der Waals surface area contributed by atoms with E-state index in [4.69, 9.17) is 4.74 Å². The fraction of sp³-hybridized carbons (Fsp3) is 1.00. The standard InChI is InChI=1S/C4H11BO/c1-4(5)3-6-2/h4H,3,5H2,1-2H3. The Morgan fingerprint density at radius 1 is 1.83 bits per heavy atom. The van der Waals surface area contributed by atoms with Gasteiger partial charge in [0.15, 0.2) is 0 Å². The van der Waals surface area contributed by atoms with Gasteiger partial charge in [-0.2, -0.15) is 0 Å². The zero-order valence-corrected chi connectivity index (χ0v) is 4.69. The highest BCUT2D eigenvalue weighted by Gasteiger charge is 1.86. The Bertz CT molecular complexity index is 28.7. The molecule has 0 saturated heterocycles. The number of rotatable bonds is 2. The molecule has 0 aliphatic carbocycles. The molecule has 6 heavy (non-hydrogen) atoms. The maximum absolute atomic E-state index is 4.80. The average molecular weight is 85.9 g/mol. The first kappa shape index (κ1) is 6.02. The lowest BCUT2D eigenvalue weighted by Crippen LogP contribution is -1.94. The van der Waals surface area contributed by atoms with Gasteiger partial charge in [0.2, 0.25) is 0 Å². The lowest BCUT2D eigenvalue weighted by molar-refractivity contribution is 0.199. The molecule has 0 radical (unpaired) electrons. The van der Waals surface area contributed by atoms with Gasteiger partial charge in [0.25, 0.3) is 0 Å². The molecule has 0 aromatic heterocycles. The van der Waals surface area contributed by atoms with Crippen molar-refractivity contribution in [1.82, 2.24) is 0 Å². The molecular weight excluding hydrogens is 74.9 g/mol. The molecule has 0 amide bonds. The molecule has 0 aromatic carbocycles. The summed E-state index contributed by atoms with van der Waals surface area (Å²) in [7, 11) is 3.85. The van der Waals surface area contributed by atoms with Gasteiger partial charge >= 0.3 is 0 Å². The molecule has 0 fully saturated rings. The fourth-order valence-electron chi connectivity index (χ4n) is 0.333. The average Bonchev–Trinajstić information content (AvgIpc) is 1.35. The van der Waals surface area contributed by atoms with Crippen molar-refractivity contribution in [3.8, 4) is 0 Å². The molecule has 0 aromatic rings. The normalized spacial score (nSPS) is 14.3. The third-order valence-electron chi connectivity index (χ3n) is 0.500. The number of methoxy groups -OCH3 is 1. The maximum Gasteiger partial charge on any atom is 0.108 e. The smallest absolute Gasteiger partial charge is 0.108 e. The summed E-state index contributed by atoms with van der Waals surface area (Å²) in [6.45, 7) is 3.00. The van der Waals surface area contributed by atoms with Crippen molar-refractivity contribution in [3.63, 3.8) is 0 Å². The van der Waals surface area contributed by atoms with E-state index in [1.807, 2.05) is 0 Å². The Balaban J connectivity index is 2.63. The quantitative estimate of drug-likeness (QED) is 0.432. The van der Waals surface area contributed by atoms with E-state index >= 15 is 0 Å². The van der Waals surface area contributed by atoms with Crippen LogP contribution in [-0.4, -0.2) is 21.6 Å². The zero-order valence-electron chi connectivity index (χ0n) is 4.69. The highest BCUT2D eigenvalue weighted by atomic mass is 16.5. The summed E-state index contributed by atoms with van der Waals surface area (Å²) in [5.41, 5.74) is 0. The topological polar surface area (TPSA) is 9.23 Å². The monoisotopic (exact) mass is 86.1 g/mol. The summed E-state index contributed by atoms with van der Waals surface area (Å²) in [4.78, 5) is 0. The van der Waals surface area contributed by atoms with Gasteiger partial charge < -0.3 is 4.74 Å². The number of hydrogen-bond acceptors (Lipinski definition) is 1. The Morgan fingerprint density at radius 3 is 2.33 bits per heavy atom. The van der Waals surface area contributed by atoms with Crippen molar-refractivity contribution in [2.24, 2.45) is 0 Å². The second kappa shape index (κ2) is 3.22. The van der Waals surface area contributed by atoms with Crippen LogP contribution in [0.1, 0.15) is 6.92 Å². The van der Waals surface area contributed by atoms with E-state index < -0.39 is 0 Å². The van der Waals surface area contributed by atoms with Gasteiger partial charge in [0, 0.05) is 13.7 Å². The molecule has 1 nitrogen and oxygen atoms in total. The van der Waals surface area contributed by atoms with Crippen LogP contribution in [0.15, 0.2) is 0 Å². The van der Waals surface area contributed by atoms with Crippen LogP contribution in [0.5, 0.6) is 0 Å². The lowest BCUT2D eigenvalue weighted by atomic mass is 9.91. The van der Waals surface area contributed by atoms with Gasteiger partial charge in [0.1, 0.15) is 7.85 Å². The molecule has 0 saturated carbocycles. The third kappa shape index (κ3) is 4.02. The summed E-state index contributed by atoms with van der Waals surface area (Å²) >= 11 is 0. The predicted molar refractivity (Wildman–Crippen MR) is 29.8 cm³/mol. The van der Waals surface area contributed by atoms with Crippen molar-refractivity contribution in [2.75, 3.05) is 13.7 Å². The predicted octanol–water partition coefficient (Wildman–Crippen LogP) is 0.0743. The molecule has 0 aliphatic rings. The molecule has 0 aliphatic heterocycles. The van der Waals surface area contributed by atoms with Gasteiger partial charge in [-0.25, -0.2) is 0 Å². The first-order valence-electron chi connectivity index (χ1n) is 2.26. The van der Waals surface area contributed by atoms with Gasteiger partial charge in [-0.05, 0) is 5.82 Å². The minimum absolute atomic E-state index is 0.676. The van der Waals surface area contributed by atoms with Crippen LogP contribution in [0, 0.1) is 0 Å².